The number of anilines is 1. The first-order valence-electron chi connectivity index (χ1n) is 4.21. The Balaban J connectivity index is 2.78. The highest BCUT2D eigenvalue weighted by molar-refractivity contribution is 7.09. The first-order chi connectivity index (χ1) is 6.43. The van der Waals surface area contributed by atoms with E-state index < -0.39 is 0 Å². The molecule has 0 aromatic carbocycles. The van der Waals surface area contributed by atoms with Crippen LogP contribution in [0.2, 0.25) is 0 Å². The van der Waals surface area contributed by atoms with Crippen LogP contribution in [0.5, 0.6) is 0 Å². The molecule has 14 heavy (non-hydrogen) atoms. The van der Waals surface area contributed by atoms with Crippen molar-refractivity contribution in [2.24, 2.45) is 0 Å². The molecule has 0 aliphatic heterocycles. The summed E-state index contributed by atoms with van der Waals surface area (Å²) in [6.07, 6.45) is 1.21. The Morgan fingerprint density at radius 2 is 2.21 bits per heavy atom. The molecule has 1 N–H and O–H groups in total. The number of carbonyl (C=O) groups is 1. The van der Waals surface area contributed by atoms with Gasteiger partial charge in [-0.3, -0.25) is 10.1 Å². The van der Waals surface area contributed by atoms with Crippen LogP contribution < -0.4 is 5.32 Å². The number of hydrogen-bond donors (Lipinski definition) is 1. The van der Waals surface area contributed by atoms with Gasteiger partial charge in [0.05, 0.1) is 0 Å². The van der Waals surface area contributed by atoms with Crippen molar-refractivity contribution in [1.29, 1.82) is 0 Å². The first kappa shape index (κ1) is 10.8. The highest BCUT2D eigenvalue weighted by Crippen LogP contribution is 2.22. The lowest BCUT2D eigenvalue weighted by Gasteiger charge is -2.11. The molecule has 0 aliphatic carbocycles. The van der Waals surface area contributed by atoms with Crippen molar-refractivity contribution in [1.82, 2.24) is 9.36 Å². The maximum absolute atomic E-state index is 10.9. The Kier molecular flexibility index (Phi) is 3.00. The number of nitrogens with one attached hydrogen (secondary N) is 1. The second kappa shape index (κ2) is 3.88. The van der Waals surface area contributed by atoms with Crippen LogP contribution in [0.4, 0.5) is 5.13 Å². The normalized spacial score (nSPS) is 11.1. The van der Waals surface area contributed by atoms with Gasteiger partial charge in [-0.2, -0.15) is 4.37 Å². The molecule has 0 aliphatic rings. The summed E-state index contributed by atoms with van der Waals surface area (Å²) in [4.78, 5) is 15.1. The van der Waals surface area contributed by atoms with Gasteiger partial charge in [-0.15, -0.1) is 0 Å². The Labute approximate surface area is 87.2 Å². The van der Waals surface area contributed by atoms with E-state index >= 15 is 0 Å². The average Bonchev–Trinajstić information content (AvgIpc) is 2.51. The smallest absolute Gasteiger partial charge is 0.249 e. The molecule has 1 aromatic heterocycles. The van der Waals surface area contributed by atoms with E-state index in [1.165, 1.54) is 17.6 Å². The predicted molar refractivity (Wildman–Crippen MR) is 57.4 cm³/mol. The van der Waals surface area contributed by atoms with Gasteiger partial charge >= 0.3 is 0 Å². The molecule has 1 aromatic rings. The molecule has 76 valence electrons. The number of carbonyl (C=O) groups excluding carboxylic acids is 1. The summed E-state index contributed by atoms with van der Waals surface area (Å²) in [7, 11) is 0. The number of rotatable bonds is 2. The van der Waals surface area contributed by atoms with E-state index in [0.29, 0.717) is 5.13 Å². The molecule has 0 bridgehead atoms. The summed E-state index contributed by atoms with van der Waals surface area (Å²) in [6.45, 7) is 9.42. The molecule has 4 nitrogen and oxygen atoms in total. The molecule has 0 saturated carbocycles. The van der Waals surface area contributed by atoms with Crippen LogP contribution in [0.15, 0.2) is 12.7 Å². The van der Waals surface area contributed by atoms with Crippen LogP contribution in [-0.4, -0.2) is 15.3 Å². The Bertz CT molecular complexity index is 351. The fourth-order valence-corrected chi connectivity index (χ4v) is 1.50. The van der Waals surface area contributed by atoms with Crippen molar-refractivity contribution in [3.05, 3.63) is 18.5 Å². The summed E-state index contributed by atoms with van der Waals surface area (Å²) in [5.74, 6) is 0.475. The van der Waals surface area contributed by atoms with Gasteiger partial charge in [-0.1, -0.05) is 27.4 Å². The summed E-state index contributed by atoms with van der Waals surface area (Å²) in [5.41, 5.74) is -0.0896. The maximum Gasteiger partial charge on any atom is 0.249 e. The lowest BCUT2D eigenvalue weighted by Crippen LogP contribution is -2.14. The second-order valence-electron chi connectivity index (χ2n) is 3.87. The molecule has 1 rings (SSSR count). The Morgan fingerprint density at radius 1 is 1.57 bits per heavy atom. The van der Waals surface area contributed by atoms with E-state index in [1.807, 2.05) is 20.8 Å². The molecule has 1 amide bonds. The van der Waals surface area contributed by atoms with Crippen molar-refractivity contribution >= 4 is 22.6 Å². The molecule has 0 spiro atoms. The van der Waals surface area contributed by atoms with Gasteiger partial charge in [0.2, 0.25) is 11.0 Å². The van der Waals surface area contributed by atoms with E-state index in [4.69, 9.17) is 0 Å². The van der Waals surface area contributed by atoms with Gasteiger partial charge in [0.1, 0.15) is 5.82 Å². The minimum absolute atomic E-state index is 0.0896. The number of hydrogen-bond acceptors (Lipinski definition) is 4. The molecular formula is C9H13N3OS. The predicted octanol–water partition coefficient (Wildman–Crippen LogP) is 1.96. The summed E-state index contributed by atoms with van der Waals surface area (Å²) >= 11 is 1.18. The van der Waals surface area contributed by atoms with Gasteiger partial charge in [-0.05, 0) is 6.08 Å². The Hall–Kier alpha value is -1.23. The highest BCUT2D eigenvalue weighted by atomic mass is 32.1. The SMILES string of the molecule is C=CC(=O)Nc1nc(C(C)(C)C)ns1. The van der Waals surface area contributed by atoms with E-state index in [9.17, 15) is 4.79 Å². The fourth-order valence-electron chi connectivity index (χ4n) is 0.735. The van der Waals surface area contributed by atoms with Crippen molar-refractivity contribution in [3.63, 3.8) is 0 Å². The highest BCUT2D eigenvalue weighted by Gasteiger charge is 2.19. The van der Waals surface area contributed by atoms with Crippen LogP contribution in [-0.2, 0) is 10.2 Å². The third-order valence-electron chi connectivity index (χ3n) is 1.51. The number of amides is 1. The van der Waals surface area contributed by atoms with Gasteiger partial charge in [0, 0.05) is 16.9 Å². The van der Waals surface area contributed by atoms with Gasteiger partial charge in [0.15, 0.2) is 0 Å². The Morgan fingerprint density at radius 3 is 2.64 bits per heavy atom. The quantitative estimate of drug-likeness (QED) is 0.761. The zero-order valence-corrected chi connectivity index (χ0v) is 9.31. The third kappa shape index (κ3) is 2.63. The van der Waals surface area contributed by atoms with Crippen LogP contribution in [0.25, 0.3) is 0 Å². The minimum Gasteiger partial charge on any atom is -0.297 e. The molecule has 0 fully saturated rings. The van der Waals surface area contributed by atoms with Gasteiger partial charge in [-0.25, -0.2) is 4.98 Å². The molecule has 1 heterocycles. The number of nitrogens with zero attached hydrogens (tertiary/aromatic N) is 2. The summed E-state index contributed by atoms with van der Waals surface area (Å²) in [5, 5.41) is 3.09. The van der Waals surface area contributed by atoms with Gasteiger partial charge in [0.25, 0.3) is 0 Å². The molecule has 5 heteroatoms. The van der Waals surface area contributed by atoms with Crippen molar-refractivity contribution in [2.75, 3.05) is 5.32 Å². The topological polar surface area (TPSA) is 54.9 Å². The zero-order chi connectivity index (χ0) is 10.8. The third-order valence-corrected chi connectivity index (χ3v) is 2.14. The molecular weight excluding hydrogens is 198 g/mol. The van der Waals surface area contributed by atoms with Crippen LogP contribution in [0, 0.1) is 0 Å². The second-order valence-corrected chi connectivity index (χ2v) is 4.62. The minimum atomic E-state index is -0.262. The molecule has 0 radical (unpaired) electrons. The standard InChI is InChI=1S/C9H13N3OS/c1-5-6(13)10-8-11-7(12-14-8)9(2,3)4/h5H,1H2,2-4H3,(H,10,11,12,13). The van der Waals surface area contributed by atoms with Crippen molar-refractivity contribution < 1.29 is 4.79 Å². The number of aromatic nitrogens is 2. The molecule has 0 atom stereocenters. The first-order valence-corrected chi connectivity index (χ1v) is 4.98. The maximum atomic E-state index is 10.9. The van der Waals surface area contributed by atoms with Gasteiger partial charge < -0.3 is 0 Å². The summed E-state index contributed by atoms with van der Waals surface area (Å²) in [6, 6.07) is 0. The lowest BCUT2D eigenvalue weighted by atomic mass is 9.96. The fraction of sp³-hybridized carbons (Fsp3) is 0.444. The van der Waals surface area contributed by atoms with Crippen LogP contribution in [0.3, 0.4) is 0 Å². The monoisotopic (exact) mass is 211 g/mol. The van der Waals surface area contributed by atoms with E-state index in [0.717, 1.165) is 5.82 Å². The van der Waals surface area contributed by atoms with Crippen molar-refractivity contribution in [3.8, 4) is 0 Å². The van der Waals surface area contributed by atoms with Crippen molar-refractivity contribution in [2.45, 2.75) is 26.2 Å². The molecule has 0 unspecified atom stereocenters. The van der Waals surface area contributed by atoms with E-state index in [-0.39, 0.29) is 11.3 Å². The van der Waals surface area contributed by atoms with E-state index in [2.05, 4.69) is 21.3 Å². The largest absolute Gasteiger partial charge is 0.297 e. The van der Waals surface area contributed by atoms with Crippen LogP contribution >= 0.6 is 11.5 Å². The molecule has 0 saturated heterocycles. The van der Waals surface area contributed by atoms with Crippen LogP contribution in [0.1, 0.15) is 26.6 Å². The zero-order valence-electron chi connectivity index (χ0n) is 8.50. The summed E-state index contributed by atoms with van der Waals surface area (Å²) < 4.78 is 4.16. The van der Waals surface area contributed by atoms with E-state index in [1.54, 1.807) is 0 Å². The lowest BCUT2D eigenvalue weighted by molar-refractivity contribution is -0.111. The average molecular weight is 211 g/mol.